The topological polar surface area (TPSA) is 189 Å². The van der Waals surface area contributed by atoms with Crippen LogP contribution < -0.4 is 25.3 Å². The van der Waals surface area contributed by atoms with Gasteiger partial charge in [0.1, 0.15) is 23.4 Å². The third-order valence-corrected chi connectivity index (χ3v) is 15.3. The summed E-state index contributed by atoms with van der Waals surface area (Å²) in [6.07, 6.45) is 3.12. The van der Waals surface area contributed by atoms with Crippen LogP contribution in [0.4, 0.5) is 41.9 Å². The second-order valence-electron chi connectivity index (χ2n) is 20.5. The van der Waals surface area contributed by atoms with Crippen molar-refractivity contribution in [2.45, 2.75) is 96.7 Å². The van der Waals surface area contributed by atoms with Gasteiger partial charge in [0.2, 0.25) is 11.8 Å². The number of aliphatic hydroxyl groups is 1. The molecule has 9 heterocycles. The Morgan fingerprint density at radius 2 is 1.58 bits per heavy atom. The third kappa shape index (κ3) is 8.32. The number of benzene rings is 1. The molecule has 374 valence electrons. The number of carbonyl (C=O) groups excluding carboxylic acids is 5. The summed E-state index contributed by atoms with van der Waals surface area (Å²) in [7, 11) is 0. The number of hydrogen-bond acceptors (Lipinski definition) is 13. The number of aromatic nitrogens is 4. The van der Waals surface area contributed by atoms with Gasteiger partial charge in [-0.1, -0.05) is 13.8 Å². The first-order valence-electron chi connectivity index (χ1n) is 24.5. The summed E-state index contributed by atoms with van der Waals surface area (Å²) in [6.45, 7) is 10.7. The Morgan fingerprint density at radius 1 is 0.806 bits per heavy atom. The second kappa shape index (κ2) is 17.8. The summed E-state index contributed by atoms with van der Waals surface area (Å²) < 4.78 is 45.6. The number of piperazine rings is 1. The normalized spacial score (nSPS) is 21.6. The van der Waals surface area contributed by atoms with Crippen LogP contribution in [0.5, 0.6) is 0 Å². The van der Waals surface area contributed by atoms with Gasteiger partial charge in [0.25, 0.3) is 17.7 Å². The van der Waals surface area contributed by atoms with Crippen LogP contribution in [-0.2, 0) is 41.8 Å². The van der Waals surface area contributed by atoms with Gasteiger partial charge in [0, 0.05) is 99.2 Å². The minimum absolute atomic E-state index is 0.0560. The predicted octanol–water partition coefficient (Wildman–Crippen LogP) is 5.96. The molecule has 0 bridgehead atoms. The van der Waals surface area contributed by atoms with Crippen molar-refractivity contribution < 1.29 is 42.3 Å². The molecule has 11 rings (SSSR count). The van der Waals surface area contributed by atoms with Gasteiger partial charge >= 0.3 is 6.18 Å². The fourth-order valence-corrected chi connectivity index (χ4v) is 11.8. The van der Waals surface area contributed by atoms with E-state index in [0.29, 0.717) is 48.1 Å². The molecule has 6 aliphatic rings. The number of alkyl halides is 3. The van der Waals surface area contributed by atoms with E-state index in [4.69, 9.17) is 0 Å². The highest BCUT2D eigenvalue weighted by Gasteiger charge is 2.45. The van der Waals surface area contributed by atoms with E-state index in [0.717, 1.165) is 79.9 Å². The second-order valence-corrected chi connectivity index (χ2v) is 20.5. The molecule has 20 heteroatoms. The quantitative estimate of drug-likeness (QED) is 0.147. The number of hydrogen-bond donors (Lipinski definition) is 3. The number of fused-ring (bicyclic) bond motifs is 4. The van der Waals surface area contributed by atoms with Gasteiger partial charge in [-0.3, -0.25) is 44.0 Å². The molecule has 1 unspecified atom stereocenters. The van der Waals surface area contributed by atoms with Crippen molar-refractivity contribution in [3.05, 3.63) is 106 Å². The summed E-state index contributed by atoms with van der Waals surface area (Å²) in [5.41, 5.74) is 4.71. The van der Waals surface area contributed by atoms with Crippen LogP contribution in [0.3, 0.4) is 0 Å². The molecular formula is C52H54F3N11O6. The number of nitrogens with zero attached hydrogens (tertiary/aromatic N) is 9. The van der Waals surface area contributed by atoms with Crippen LogP contribution in [0.15, 0.2) is 67.1 Å². The number of halogens is 3. The summed E-state index contributed by atoms with van der Waals surface area (Å²) in [5.74, 6) is -1.94. The zero-order valence-electron chi connectivity index (χ0n) is 40.1. The fraction of sp³-hybridized carbons (Fsp3) is 0.423. The van der Waals surface area contributed by atoms with Crippen molar-refractivity contribution in [3.63, 3.8) is 0 Å². The van der Waals surface area contributed by atoms with Crippen molar-refractivity contribution in [2.24, 2.45) is 5.41 Å². The van der Waals surface area contributed by atoms with E-state index in [9.17, 15) is 42.3 Å². The largest absolute Gasteiger partial charge is 0.435 e. The van der Waals surface area contributed by atoms with E-state index < -0.39 is 48.1 Å². The van der Waals surface area contributed by atoms with Crippen molar-refractivity contribution in [3.8, 4) is 11.1 Å². The highest BCUT2D eigenvalue weighted by molar-refractivity contribution is 6.23. The van der Waals surface area contributed by atoms with E-state index in [-0.39, 0.29) is 58.7 Å². The fourth-order valence-electron chi connectivity index (χ4n) is 11.8. The lowest BCUT2D eigenvalue weighted by Gasteiger charge is -2.46. The molecule has 1 aromatic carbocycles. The van der Waals surface area contributed by atoms with Gasteiger partial charge in [-0.2, -0.15) is 13.2 Å². The van der Waals surface area contributed by atoms with Crippen molar-refractivity contribution in [1.29, 1.82) is 0 Å². The molecule has 0 spiro atoms. The minimum Gasteiger partial charge on any atom is -0.392 e. The van der Waals surface area contributed by atoms with Gasteiger partial charge in [-0.15, -0.1) is 0 Å². The molecule has 3 N–H and O–H groups in total. The summed E-state index contributed by atoms with van der Waals surface area (Å²) in [4.78, 5) is 87.2. The average molecular weight is 986 g/mol. The van der Waals surface area contributed by atoms with Gasteiger partial charge in [0.15, 0.2) is 5.69 Å². The molecule has 5 aliphatic heterocycles. The number of aliphatic hydroxyl groups excluding tert-OH is 1. The SMILES string of the molecule is C[C@H]1CN(C2CCN(c3ccc4c(c3)C(=O)N(C3CCC(=O)NC3=O)C4=O)CC2)CCN1c1ccc(Nc2cc(-c3ccnc(N4CCn5c(cc6c5CC(C)(C)C6)C4=O)c3CO)cnc2C(F)(F)F)nc1. The first kappa shape index (κ1) is 47.2. The summed E-state index contributed by atoms with van der Waals surface area (Å²) in [5, 5.41) is 15.8. The zero-order valence-corrected chi connectivity index (χ0v) is 40.1. The van der Waals surface area contributed by atoms with Crippen molar-refractivity contribution in [2.75, 3.05) is 59.3 Å². The smallest absolute Gasteiger partial charge is 0.392 e. The zero-order chi connectivity index (χ0) is 50.4. The number of piperidine rings is 2. The molecule has 5 amide bonds. The van der Waals surface area contributed by atoms with E-state index >= 15 is 0 Å². The number of nitrogens with one attached hydrogen (secondary N) is 2. The number of amides is 5. The lowest BCUT2D eigenvalue weighted by Crippen LogP contribution is -2.57. The van der Waals surface area contributed by atoms with Gasteiger partial charge < -0.3 is 24.8 Å². The molecule has 5 aromatic rings. The van der Waals surface area contributed by atoms with Crippen LogP contribution in [0.2, 0.25) is 0 Å². The Bertz CT molecular complexity index is 3060. The van der Waals surface area contributed by atoms with Crippen LogP contribution >= 0.6 is 0 Å². The van der Waals surface area contributed by atoms with Crippen LogP contribution in [0.25, 0.3) is 11.1 Å². The number of pyridine rings is 3. The van der Waals surface area contributed by atoms with Crippen molar-refractivity contribution in [1.82, 2.24) is 34.6 Å². The first-order valence-corrected chi connectivity index (χ1v) is 24.5. The van der Waals surface area contributed by atoms with Crippen LogP contribution in [0, 0.1) is 5.41 Å². The molecule has 3 saturated heterocycles. The standard InChI is InChI=1S/C52H54F3N11O6/c1-29-27-62(32-11-14-61(15-12-32)33-4-6-36-37(22-33)49(71)66(48(36)70)40-7-9-44(68)60-47(40)69)16-17-63(29)34-5-8-43(57-26-34)59-39-20-31(25-58-45(39)52(53,54)55)35-10-13-56-46(38(35)28-67)65-19-18-64-41(50(65)72)21-30-23-51(2,3)24-42(30)64/h4-6,8,10,13,20-22,25-26,29,32,40,67H,7,9,11-12,14-19,23-24,27-28H2,1-3H3,(H,57,59)(H,60,68,69)/t29-,40?/m0/s1. The maximum atomic E-state index is 14.5. The Morgan fingerprint density at radius 3 is 2.31 bits per heavy atom. The third-order valence-electron chi connectivity index (χ3n) is 15.3. The minimum atomic E-state index is -4.80. The molecule has 17 nitrogen and oxygen atoms in total. The van der Waals surface area contributed by atoms with Crippen LogP contribution in [0.1, 0.15) is 100 Å². The van der Waals surface area contributed by atoms with Gasteiger partial charge in [-0.05, 0) is 104 Å². The molecule has 1 aliphatic carbocycles. The van der Waals surface area contributed by atoms with E-state index in [1.54, 1.807) is 30.5 Å². The monoisotopic (exact) mass is 985 g/mol. The van der Waals surface area contributed by atoms with E-state index in [1.165, 1.54) is 22.9 Å². The Hall–Kier alpha value is -7.19. The molecular weight excluding hydrogens is 932 g/mol. The lowest BCUT2D eigenvalue weighted by molar-refractivity contribution is -0.140. The molecule has 2 atom stereocenters. The Kier molecular flexibility index (Phi) is 11.7. The molecule has 0 saturated carbocycles. The maximum Gasteiger partial charge on any atom is 0.435 e. The molecule has 0 radical (unpaired) electrons. The Balaban J connectivity index is 0.734. The van der Waals surface area contributed by atoms with Gasteiger partial charge in [-0.25, -0.2) is 15.0 Å². The number of carbonyl (C=O) groups is 5. The highest BCUT2D eigenvalue weighted by Crippen LogP contribution is 2.42. The first-order chi connectivity index (χ1) is 34.5. The summed E-state index contributed by atoms with van der Waals surface area (Å²) >= 11 is 0. The average Bonchev–Trinajstić information content (AvgIpc) is 3.94. The molecule has 4 aromatic heterocycles. The van der Waals surface area contributed by atoms with Gasteiger partial charge in [0.05, 0.1) is 35.3 Å². The van der Waals surface area contributed by atoms with E-state index in [1.807, 2.05) is 18.2 Å². The molecule has 3 fully saturated rings. The predicted molar refractivity (Wildman–Crippen MR) is 260 cm³/mol. The summed E-state index contributed by atoms with van der Waals surface area (Å²) in [6, 6.07) is 13.0. The van der Waals surface area contributed by atoms with E-state index in [2.05, 4.69) is 65.6 Å². The lowest BCUT2D eigenvalue weighted by atomic mass is 9.90. The highest BCUT2D eigenvalue weighted by atomic mass is 19.4. The molecule has 72 heavy (non-hydrogen) atoms. The van der Waals surface area contributed by atoms with Crippen LogP contribution in [-0.4, -0.2) is 121 Å². The number of imide groups is 2. The van der Waals surface area contributed by atoms with Crippen molar-refractivity contribution >= 4 is 58.2 Å². The number of rotatable bonds is 9. The maximum absolute atomic E-state index is 14.5. The number of anilines is 5. The Labute approximate surface area is 413 Å².